The summed E-state index contributed by atoms with van der Waals surface area (Å²) in [7, 11) is 0. The van der Waals surface area contributed by atoms with E-state index in [1.54, 1.807) is 11.3 Å². The van der Waals surface area contributed by atoms with Crippen LogP contribution >= 0.6 is 22.9 Å². The van der Waals surface area contributed by atoms with Gasteiger partial charge in [-0.2, -0.15) is 0 Å². The maximum atomic E-state index is 12.9. The second-order valence-electron chi connectivity index (χ2n) is 8.75. The highest BCUT2D eigenvalue weighted by atomic mass is 35.5. The molecule has 5 nitrogen and oxygen atoms in total. The lowest BCUT2D eigenvalue weighted by Crippen LogP contribution is -2.20. The van der Waals surface area contributed by atoms with Crippen LogP contribution in [-0.2, 0) is 11.2 Å². The molecule has 1 aromatic carbocycles. The monoisotopic (exact) mass is 474 g/mol. The number of nitrogens with zero attached hydrogens (tertiary/aromatic N) is 2. The molecule has 0 unspecified atom stereocenters. The Morgan fingerprint density at radius 2 is 1.88 bits per heavy atom. The predicted octanol–water partition coefficient (Wildman–Crippen LogP) is 7.02. The Labute approximate surface area is 198 Å². The maximum Gasteiger partial charge on any atom is 0.306 e. The molecule has 0 bridgehead atoms. The maximum absolute atomic E-state index is 12.9. The number of ketones is 1. The Balaban J connectivity index is 1.96. The lowest BCUT2D eigenvalue weighted by molar-refractivity contribution is -0.142. The third kappa shape index (κ3) is 5.59. The average Bonchev–Trinajstić information content (AvgIpc) is 3.31. The van der Waals surface area contributed by atoms with Gasteiger partial charge in [0, 0.05) is 29.3 Å². The molecular weight excluding hydrogens is 444 g/mol. The number of carboxylic acid groups (broad SMARTS) is 1. The quantitative estimate of drug-likeness (QED) is 0.303. The number of Topliss-reactive ketones (excluding diaryl/α,β-unsaturated/α-hetero) is 1. The summed E-state index contributed by atoms with van der Waals surface area (Å²) in [5.41, 5.74) is 2.30. The van der Waals surface area contributed by atoms with Crippen molar-refractivity contribution in [3.05, 3.63) is 50.9 Å². The topological polar surface area (TPSA) is 72.2 Å². The zero-order valence-corrected chi connectivity index (χ0v) is 20.7. The number of carbonyl (C=O) groups is 2. The molecule has 2 aromatic heterocycles. The molecule has 0 spiro atoms. The number of imidazole rings is 1. The molecule has 172 valence electrons. The summed E-state index contributed by atoms with van der Waals surface area (Å²) in [6, 6.07) is 9.82. The fraction of sp³-hybridized carbons (Fsp3) is 0.480. The molecule has 0 amide bonds. The van der Waals surface area contributed by atoms with Crippen molar-refractivity contribution in [3.63, 3.8) is 0 Å². The Bertz CT molecular complexity index is 1100. The summed E-state index contributed by atoms with van der Waals surface area (Å²) >= 11 is 7.68. The molecule has 0 aliphatic carbocycles. The number of aromatic nitrogens is 2. The first kappa shape index (κ1) is 24.5. The van der Waals surface area contributed by atoms with E-state index in [4.69, 9.17) is 16.6 Å². The predicted molar refractivity (Wildman–Crippen MR) is 131 cm³/mol. The highest BCUT2D eigenvalue weighted by Gasteiger charge is 2.24. The van der Waals surface area contributed by atoms with Gasteiger partial charge in [0.1, 0.15) is 5.82 Å². The first-order valence-electron chi connectivity index (χ1n) is 11.2. The van der Waals surface area contributed by atoms with Crippen molar-refractivity contribution in [3.8, 4) is 0 Å². The summed E-state index contributed by atoms with van der Waals surface area (Å²) < 4.78 is 3.04. The number of thiophene rings is 1. The van der Waals surface area contributed by atoms with Crippen LogP contribution in [0.3, 0.4) is 0 Å². The van der Waals surface area contributed by atoms with E-state index in [9.17, 15) is 14.7 Å². The number of carboxylic acids is 1. The number of rotatable bonds is 11. The van der Waals surface area contributed by atoms with Gasteiger partial charge in [0.2, 0.25) is 0 Å². The van der Waals surface area contributed by atoms with Gasteiger partial charge < -0.3 is 9.67 Å². The van der Waals surface area contributed by atoms with E-state index in [1.807, 2.05) is 44.2 Å². The fourth-order valence-electron chi connectivity index (χ4n) is 4.29. The second kappa shape index (κ2) is 10.6. The zero-order chi connectivity index (χ0) is 23.4. The SMILES string of the molecule is CCC(CC)n1c(Cc2ccc(Cl)s2)nc2cc(C(=O)C[C@@H](CC(C)C)C(=O)O)ccc21. The van der Waals surface area contributed by atoms with Gasteiger partial charge in [0.05, 0.1) is 21.3 Å². The molecule has 3 aromatic rings. The van der Waals surface area contributed by atoms with Crippen LogP contribution in [0.2, 0.25) is 4.34 Å². The third-order valence-electron chi connectivity index (χ3n) is 5.89. The van der Waals surface area contributed by atoms with Gasteiger partial charge in [-0.15, -0.1) is 11.3 Å². The van der Waals surface area contributed by atoms with Gasteiger partial charge in [-0.25, -0.2) is 4.98 Å². The van der Waals surface area contributed by atoms with E-state index in [2.05, 4.69) is 18.4 Å². The van der Waals surface area contributed by atoms with Crippen LogP contribution in [-0.4, -0.2) is 26.4 Å². The fourth-order valence-corrected chi connectivity index (χ4v) is 5.38. The number of aliphatic carboxylic acids is 1. The van der Waals surface area contributed by atoms with Gasteiger partial charge in [0.25, 0.3) is 0 Å². The van der Waals surface area contributed by atoms with Crippen molar-refractivity contribution in [1.29, 1.82) is 0 Å². The van der Waals surface area contributed by atoms with E-state index in [1.165, 1.54) is 0 Å². The second-order valence-corrected chi connectivity index (χ2v) is 10.5. The van der Waals surface area contributed by atoms with E-state index in [0.29, 0.717) is 24.4 Å². The molecule has 1 atom stereocenters. The van der Waals surface area contributed by atoms with Crippen LogP contribution in [0.25, 0.3) is 11.0 Å². The molecule has 0 aliphatic heterocycles. The summed E-state index contributed by atoms with van der Waals surface area (Å²) in [6.07, 6.45) is 3.14. The van der Waals surface area contributed by atoms with Crippen molar-refractivity contribution < 1.29 is 14.7 Å². The van der Waals surface area contributed by atoms with Crippen LogP contribution < -0.4 is 0 Å². The van der Waals surface area contributed by atoms with Crippen molar-refractivity contribution >= 4 is 45.7 Å². The minimum absolute atomic E-state index is 0.00677. The largest absolute Gasteiger partial charge is 0.481 e. The Morgan fingerprint density at radius 3 is 2.44 bits per heavy atom. The Hall–Kier alpha value is -2.18. The van der Waals surface area contributed by atoms with Crippen LogP contribution in [0, 0.1) is 11.8 Å². The summed E-state index contributed by atoms with van der Waals surface area (Å²) in [5, 5.41) is 9.51. The molecule has 32 heavy (non-hydrogen) atoms. The van der Waals surface area contributed by atoms with Crippen molar-refractivity contribution in [2.75, 3.05) is 0 Å². The molecule has 3 rings (SSSR count). The first-order valence-corrected chi connectivity index (χ1v) is 12.4. The van der Waals surface area contributed by atoms with Gasteiger partial charge in [-0.05, 0) is 55.5 Å². The molecule has 7 heteroatoms. The lowest BCUT2D eigenvalue weighted by Gasteiger charge is -2.19. The lowest BCUT2D eigenvalue weighted by atomic mass is 9.90. The van der Waals surface area contributed by atoms with Gasteiger partial charge in [-0.1, -0.05) is 39.3 Å². The number of fused-ring (bicyclic) bond motifs is 1. The highest BCUT2D eigenvalue weighted by Crippen LogP contribution is 2.30. The molecule has 0 fully saturated rings. The molecule has 0 aliphatic rings. The zero-order valence-electron chi connectivity index (χ0n) is 19.1. The van der Waals surface area contributed by atoms with Crippen molar-refractivity contribution in [2.24, 2.45) is 11.8 Å². The first-order chi connectivity index (χ1) is 15.2. The minimum atomic E-state index is -0.914. The smallest absolute Gasteiger partial charge is 0.306 e. The van der Waals surface area contributed by atoms with E-state index in [-0.39, 0.29) is 18.1 Å². The normalized spacial score (nSPS) is 12.7. The van der Waals surface area contributed by atoms with Crippen LogP contribution in [0.4, 0.5) is 0 Å². The van der Waals surface area contributed by atoms with E-state index >= 15 is 0 Å². The Morgan fingerprint density at radius 1 is 1.16 bits per heavy atom. The molecule has 0 radical (unpaired) electrons. The van der Waals surface area contributed by atoms with Crippen molar-refractivity contribution in [1.82, 2.24) is 9.55 Å². The average molecular weight is 475 g/mol. The van der Waals surface area contributed by atoms with E-state index < -0.39 is 11.9 Å². The van der Waals surface area contributed by atoms with Crippen molar-refractivity contribution in [2.45, 2.75) is 65.8 Å². The minimum Gasteiger partial charge on any atom is -0.481 e. The summed E-state index contributed by atoms with van der Waals surface area (Å²) in [4.78, 5) is 30.6. The molecular formula is C25H31ClN2O3S. The van der Waals surface area contributed by atoms with Gasteiger partial charge >= 0.3 is 5.97 Å². The summed E-state index contributed by atoms with van der Waals surface area (Å²) in [5.74, 6) is -0.554. The number of hydrogen-bond acceptors (Lipinski definition) is 4. The number of benzene rings is 1. The van der Waals surface area contributed by atoms with Gasteiger partial charge in [0.15, 0.2) is 5.78 Å². The molecule has 1 N–H and O–H groups in total. The summed E-state index contributed by atoms with van der Waals surface area (Å²) in [6.45, 7) is 8.29. The number of hydrogen-bond donors (Lipinski definition) is 1. The van der Waals surface area contributed by atoms with Crippen LogP contribution in [0.5, 0.6) is 0 Å². The molecule has 2 heterocycles. The van der Waals surface area contributed by atoms with Gasteiger partial charge in [-0.3, -0.25) is 9.59 Å². The Kier molecular flexibility index (Phi) is 8.12. The molecule has 0 saturated carbocycles. The highest BCUT2D eigenvalue weighted by molar-refractivity contribution is 7.16. The van der Waals surface area contributed by atoms with E-state index in [0.717, 1.165) is 38.9 Å². The standard InChI is InChI=1S/C25H31ClN2O3S/c1-5-18(6-2)28-21-9-7-16(22(29)13-17(25(30)31)11-15(3)4)12-20(21)27-24(28)14-19-8-10-23(26)32-19/h7-10,12,15,17-18H,5-6,11,13-14H2,1-4H3,(H,30,31)/t17-/m1/s1. The van der Waals surface area contributed by atoms with Crippen LogP contribution in [0.15, 0.2) is 30.3 Å². The number of halogens is 1. The third-order valence-corrected chi connectivity index (χ3v) is 7.12. The van der Waals surface area contributed by atoms with Crippen LogP contribution in [0.1, 0.15) is 80.5 Å². The number of carbonyl (C=O) groups excluding carboxylic acids is 1. The molecule has 0 saturated heterocycles.